The van der Waals surface area contributed by atoms with Crippen molar-refractivity contribution in [3.8, 4) is 0 Å². The normalized spacial score (nSPS) is 15.8. The van der Waals surface area contributed by atoms with Crippen molar-refractivity contribution >= 4 is 21.4 Å². The van der Waals surface area contributed by atoms with Crippen molar-refractivity contribution in [2.45, 2.75) is 29.6 Å². The number of hydrogen-bond donors (Lipinski definition) is 0. The summed E-state index contributed by atoms with van der Waals surface area (Å²) >= 11 is 1.27. The zero-order chi connectivity index (χ0) is 13.3. The lowest BCUT2D eigenvalue weighted by Crippen LogP contribution is -2.32. The largest absolute Gasteiger partial charge is 0.264 e. The lowest BCUT2D eigenvalue weighted by molar-refractivity contribution is 0.399. The molecule has 0 bridgehead atoms. The fraction of sp³-hybridized carbons (Fsp3) is 0.308. The van der Waals surface area contributed by atoms with Crippen molar-refractivity contribution < 1.29 is 8.42 Å². The summed E-state index contributed by atoms with van der Waals surface area (Å²) in [4.78, 5) is 4.04. The number of sulfonamides is 1. The highest BCUT2D eigenvalue weighted by atomic mass is 32.2. The van der Waals surface area contributed by atoms with Gasteiger partial charge in [0, 0.05) is 25.0 Å². The molecular formula is C13H14N2O2S2. The second-order valence-electron chi connectivity index (χ2n) is 4.57. The first kappa shape index (κ1) is 12.8. The fourth-order valence-electron chi connectivity index (χ4n) is 1.97. The molecule has 1 aliphatic rings. The Morgan fingerprint density at radius 1 is 1.32 bits per heavy atom. The number of aromatic nitrogens is 1. The van der Waals surface area contributed by atoms with E-state index in [1.165, 1.54) is 11.3 Å². The molecule has 0 atom stereocenters. The summed E-state index contributed by atoms with van der Waals surface area (Å²) in [7, 11) is -3.37. The van der Waals surface area contributed by atoms with Crippen LogP contribution in [0.4, 0.5) is 0 Å². The quantitative estimate of drug-likeness (QED) is 0.851. The van der Waals surface area contributed by atoms with E-state index in [4.69, 9.17) is 0 Å². The number of hydrogen-bond acceptors (Lipinski definition) is 4. The summed E-state index contributed by atoms with van der Waals surface area (Å²) in [6, 6.07) is 7.32. The lowest BCUT2D eigenvalue weighted by atomic mass is 10.3. The molecule has 3 rings (SSSR count). The van der Waals surface area contributed by atoms with Crippen molar-refractivity contribution in [2.24, 2.45) is 0 Å². The van der Waals surface area contributed by atoms with Gasteiger partial charge in [-0.3, -0.25) is 4.98 Å². The molecule has 2 aromatic heterocycles. The van der Waals surface area contributed by atoms with Crippen molar-refractivity contribution in [3.63, 3.8) is 0 Å². The Bertz CT molecular complexity index is 635. The lowest BCUT2D eigenvalue weighted by Gasteiger charge is -2.20. The van der Waals surface area contributed by atoms with Gasteiger partial charge in [0.05, 0.1) is 0 Å². The molecule has 4 nitrogen and oxygen atoms in total. The molecule has 100 valence electrons. The summed E-state index contributed by atoms with van der Waals surface area (Å²) in [5.41, 5.74) is 0.925. The van der Waals surface area contributed by atoms with Gasteiger partial charge in [-0.05, 0) is 35.9 Å². The molecule has 0 spiro atoms. The highest BCUT2D eigenvalue weighted by molar-refractivity contribution is 7.91. The van der Waals surface area contributed by atoms with Gasteiger partial charge in [0.25, 0.3) is 10.0 Å². The number of thiophene rings is 1. The second kappa shape index (κ2) is 5.03. The maximum absolute atomic E-state index is 12.6. The second-order valence-corrected chi connectivity index (χ2v) is 7.64. The Kier molecular flexibility index (Phi) is 3.38. The van der Waals surface area contributed by atoms with Crippen LogP contribution in [0.15, 0.2) is 46.2 Å². The Balaban J connectivity index is 1.90. The molecule has 0 radical (unpaired) electrons. The van der Waals surface area contributed by atoms with E-state index in [0.29, 0.717) is 10.8 Å². The van der Waals surface area contributed by atoms with Gasteiger partial charge in [0.1, 0.15) is 4.21 Å². The van der Waals surface area contributed by atoms with Gasteiger partial charge in [0.2, 0.25) is 0 Å². The van der Waals surface area contributed by atoms with E-state index in [-0.39, 0.29) is 6.04 Å². The van der Waals surface area contributed by atoms with Gasteiger partial charge < -0.3 is 0 Å². The van der Waals surface area contributed by atoms with E-state index in [1.54, 1.807) is 34.2 Å². The number of pyridine rings is 1. The van der Waals surface area contributed by atoms with Crippen LogP contribution in [-0.4, -0.2) is 23.7 Å². The van der Waals surface area contributed by atoms with E-state index in [1.807, 2.05) is 12.1 Å². The Morgan fingerprint density at radius 2 is 2.16 bits per heavy atom. The van der Waals surface area contributed by atoms with Crippen LogP contribution < -0.4 is 0 Å². The van der Waals surface area contributed by atoms with E-state index in [2.05, 4.69) is 4.98 Å². The molecule has 1 saturated carbocycles. The third kappa shape index (κ3) is 2.70. The molecule has 19 heavy (non-hydrogen) atoms. The first-order chi connectivity index (χ1) is 9.18. The van der Waals surface area contributed by atoms with E-state index < -0.39 is 10.0 Å². The molecule has 0 amide bonds. The predicted molar refractivity (Wildman–Crippen MR) is 74.3 cm³/mol. The third-order valence-corrected chi connectivity index (χ3v) is 6.34. The van der Waals surface area contributed by atoms with Gasteiger partial charge in [-0.2, -0.15) is 4.31 Å². The van der Waals surface area contributed by atoms with Crippen LogP contribution in [0.1, 0.15) is 18.4 Å². The van der Waals surface area contributed by atoms with Gasteiger partial charge in [0.15, 0.2) is 0 Å². The van der Waals surface area contributed by atoms with Crippen molar-refractivity contribution in [3.05, 3.63) is 47.6 Å². The highest BCUT2D eigenvalue weighted by Crippen LogP contribution is 2.34. The molecule has 1 aliphatic carbocycles. The zero-order valence-corrected chi connectivity index (χ0v) is 11.9. The summed E-state index contributed by atoms with van der Waals surface area (Å²) in [6.07, 6.45) is 5.31. The molecular weight excluding hydrogens is 280 g/mol. The zero-order valence-electron chi connectivity index (χ0n) is 10.3. The predicted octanol–water partition coefficient (Wildman–Crippen LogP) is 2.50. The van der Waals surface area contributed by atoms with Gasteiger partial charge in [-0.1, -0.05) is 12.1 Å². The Hall–Kier alpha value is -1.24. The molecule has 6 heteroatoms. The van der Waals surface area contributed by atoms with Gasteiger partial charge in [-0.25, -0.2) is 8.42 Å². The molecule has 2 aromatic rings. The monoisotopic (exact) mass is 294 g/mol. The Labute approximate surface area is 116 Å². The van der Waals surface area contributed by atoms with Crippen molar-refractivity contribution in [2.75, 3.05) is 0 Å². The van der Waals surface area contributed by atoms with Crippen LogP contribution in [-0.2, 0) is 16.6 Å². The van der Waals surface area contributed by atoms with Crippen LogP contribution in [0, 0.1) is 0 Å². The minimum atomic E-state index is -3.37. The van der Waals surface area contributed by atoms with Crippen LogP contribution in [0.2, 0.25) is 0 Å². The molecule has 0 saturated heterocycles. The van der Waals surface area contributed by atoms with E-state index >= 15 is 0 Å². The number of nitrogens with zero attached hydrogens (tertiary/aromatic N) is 2. The topological polar surface area (TPSA) is 50.3 Å². The SMILES string of the molecule is O=S(=O)(c1cccs1)N(Cc1cccnc1)C1CC1. The maximum Gasteiger partial charge on any atom is 0.253 e. The van der Waals surface area contributed by atoms with Crippen LogP contribution in [0.25, 0.3) is 0 Å². The maximum atomic E-state index is 12.6. The summed E-state index contributed by atoms with van der Waals surface area (Å²) in [6.45, 7) is 0.402. The summed E-state index contributed by atoms with van der Waals surface area (Å²) < 4.78 is 27.2. The molecule has 0 aliphatic heterocycles. The average Bonchev–Trinajstić information content (AvgIpc) is 3.09. The smallest absolute Gasteiger partial charge is 0.253 e. The standard InChI is InChI=1S/C13H14N2O2S2/c16-19(17,13-4-2-8-18-13)15(12-5-6-12)10-11-3-1-7-14-9-11/h1-4,7-9,12H,5-6,10H2. The van der Waals surface area contributed by atoms with E-state index in [0.717, 1.165) is 18.4 Å². The minimum absolute atomic E-state index is 0.146. The van der Waals surface area contributed by atoms with E-state index in [9.17, 15) is 8.42 Å². The van der Waals surface area contributed by atoms with Crippen LogP contribution in [0.3, 0.4) is 0 Å². The highest BCUT2D eigenvalue weighted by Gasteiger charge is 2.38. The number of rotatable bonds is 5. The minimum Gasteiger partial charge on any atom is -0.264 e. The summed E-state index contributed by atoms with van der Waals surface area (Å²) in [5.74, 6) is 0. The third-order valence-electron chi connectivity index (χ3n) is 3.07. The molecule has 1 fully saturated rings. The molecule has 0 aromatic carbocycles. The Morgan fingerprint density at radius 3 is 2.74 bits per heavy atom. The molecule has 0 unspecified atom stereocenters. The first-order valence-electron chi connectivity index (χ1n) is 6.12. The molecule has 0 N–H and O–H groups in total. The first-order valence-corrected chi connectivity index (χ1v) is 8.44. The van der Waals surface area contributed by atoms with Gasteiger partial charge in [-0.15, -0.1) is 11.3 Å². The fourth-order valence-corrected chi connectivity index (χ4v) is 4.76. The average molecular weight is 294 g/mol. The van der Waals surface area contributed by atoms with Crippen LogP contribution >= 0.6 is 11.3 Å². The van der Waals surface area contributed by atoms with Crippen LogP contribution in [0.5, 0.6) is 0 Å². The molecule has 2 heterocycles. The summed E-state index contributed by atoms with van der Waals surface area (Å²) in [5, 5.41) is 1.79. The van der Waals surface area contributed by atoms with Gasteiger partial charge >= 0.3 is 0 Å². The van der Waals surface area contributed by atoms with Crippen molar-refractivity contribution in [1.82, 2.24) is 9.29 Å². The van der Waals surface area contributed by atoms with Crippen molar-refractivity contribution in [1.29, 1.82) is 0 Å².